The van der Waals surface area contributed by atoms with E-state index >= 15 is 0 Å². The van der Waals surface area contributed by atoms with Crippen LogP contribution in [-0.4, -0.2) is 73.2 Å². The monoisotopic (exact) mass is 508 g/mol. The van der Waals surface area contributed by atoms with Crippen molar-refractivity contribution in [3.8, 4) is 22.8 Å². The fraction of sp³-hybridized carbons (Fsp3) is 0.321. The highest BCUT2D eigenvalue weighted by Gasteiger charge is 2.20. The minimum absolute atomic E-state index is 0.679. The summed E-state index contributed by atoms with van der Waals surface area (Å²) in [6, 6.07) is 6.14. The first kappa shape index (κ1) is 24.1. The summed E-state index contributed by atoms with van der Waals surface area (Å²) in [5.41, 5.74) is 7.93. The summed E-state index contributed by atoms with van der Waals surface area (Å²) < 4.78 is 0. The van der Waals surface area contributed by atoms with Gasteiger partial charge in [0.1, 0.15) is 11.2 Å². The summed E-state index contributed by atoms with van der Waals surface area (Å²) in [6.07, 6.45) is 10.4. The molecule has 0 saturated carbocycles. The Morgan fingerprint density at radius 1 is 1.11 bits per heavy atom. The zero-order chi connectivity index (χ0) is 26.1. The van der Waals surface area contributed by atoms with Crippen molar-refractivity contribution in [1.82, 2.24) is 40.0 Å². The quantitative estimate of drug-likeness (QED) is 0.273. The second-order valence-corrected chi connectivity index (χ2v) is 9.89. The third-order valence-electron chi connectivity index (χ3n) is 7.07. The van der Waals surface area contributed by atoms with Crippen LogP contribution in [0.4, 0.5) is 11.4 Å². The van der Waals surface area contributed by atoms with Crippen molar-refractivity contribution < 1.29 is 0 Å². The largest absolute Gasteiger partial charge is 0.367 e. The van der Waals surface area contributed by atoms with Crippen molar-refractivity contribution in [3.05, 3.63) is 55.3 Å². The number of fused-ring (bicyclic) bond motifs is 2. The third kappa shape index (κ3) is 4.70. The van der Waals surface area contributed by atoms with E-state index in [2.05, 4.69) is 71.9 Å². The molecule has 0 amide bonds. The van der Waals surface area contributed by atoms with E-state index in [0.717, 1.165) is 95.9 Å². The number of unbranched alkanes of at least 4 members (excludes halogenated alkanes) is 1. The Morgan fingerprint density at radius 2 is 1.97 bits per heavy atom. The molecule has 3 N–H and O–H groups in total. The molecule has 1 saturated heterocycles. The molecular weight excluding hydrogens is 476 g/mol. The topological polar surface area (TPSA) is 115 Å². The maximum Gasteiger partial charge on any atom is 0.180 e. The molecule has 5 aromatic heterocycles. The summed E-state index contributed by atoms with van der Waals surface area (Å²) >= 11 is 0. The number of hydrogen-bond donors (Lipinski definition) is 3. The average Bonchev–Trinajstić information content (AvgIpc) is 3.56. The van der Waals surface area contributed by atoms with Crippen molar-refractivity contribution in [3.63, 3.8) is 0 Å². The van der Waals surface area contributed by atoms with Gasteiger partial charge < -0.3 is 20.1 Å². The van der Waals surface area contributed by atoms with Crippen LogP contribution in [0.2, 0.25) is 0 Å². The van der Waals surface area contributed by atoms with E-state index in [1.807, 2.05) is 30.7 Å². The number of imidazole rings is 1. The van der Waals surface area contributed by atoms with Gasteiger partial charge in [-0.3, -0.25) is 15.1 Å². The molecule has 1 fully saturated rings. The molecule has 0 aromatic carbocycles. The van der Waals surface area contributed by atoms with Gasteiger partial charge in [0.05, 0.1) is 35.0 Å². The Hall–Kier alpha value is -4.31. The van der Waals surface area contributed by atoms with Crippen LogP contribution in [-0.2, 0) is 0 Å². The lowest BCUT2D eigenvalue weighted by Crippen LogP contribution is -2.44. The molecule has 0 bridgehead atoms. The highest BCUT2D eigenvalue weighted by molar-refractivity contribution is 5.96. The fourth-order valence-corrected chi connectivity index (χ4v) is 4.88. The van der Waals surface area contributed by atoms with Crippen LogP contribution in [0.1, 0.15) is 26.2 Å². The first-order valence-electron chi connectivity index (χ1n) is 13.1. The minimum Gasteiger partial charge on any atom is -0.367 e. The maximum atomic E-state index is 4.81. The molecule has 0 aliphatic carbocycles. The smallest absolute Gasteiger partial charge is 0.180 e. The zero-order valence-corrected chi connectivity index (χ0v) is 21.8. The molecule has 38 heavy (non-hydrogen) atoms. The van der Waals surface area contributed by atoms with Gasteiger partial charge in [0.25, 0.3) is 0 Å². The van der Waals surface area contributed by atoms with Gasteiger partial charge in [-0.1, -0.05) is 19.9 Å². The van der Waals surface area contributed by atoms with E-state index in [9.17, 15) is 0 Å². The molecule has 194 valence electrons. The van der Waals surface area contributed by atoms with Crippen molar-refractivity contribution in [1.29, 1.82) is 0 Å². The fourth-order valence-electron chi connectivity index (χ4n) is 4.88. The van der Waals surface area contributed by atoms with Crippen LogP contribution < -0.4 is 10.2 Å². The third-order valence-corrected chi connectivity index (χ3v) is 7.07. The van der Waals surface area contributed by atoms with Gasteiger partial charge in [-0.25, -0.2) is 9.97 Å². The van der Waals surface area contributed by atoms with Crippen molar-refractivity contribution >= 4 is 33.4 Å². The number of allylic oxidation sites excluding steroid dienone is 1. The molecule has 6 rings (SSSR count). The Bertz CT molecular complexity index is 1590. The van der Waals surface area contributed by atoms with Gasteiger partial charge in [-0.2, -0.15) is 5.10 Å². The second-order valence-electron chi connectivity index (χ2n) is 9.89. The van der Waals surface area contributed by atoms with Gasteiger partial charge in [0.15, 0.2) is 11.5 Å². The van der Waals surface area contributed by atoms with Gasteiger partial charge in [0.2, 0.25) is 0 Å². The minimum atomic E-state index is 0.679. The molecule has 0 unspecified atom stereocenters. The molecule has 6 heterocycles. The number of pyridine rings is 3. The van der Waals surface area contributed by atoms with Crippen molar-refractivity contribution in [2.24, 2.45) is 0 Å². The number of hydrogen-bond acceptors (Lipinski definition) is 8. The number of H-pyrrole nitrogens is 2. The van der Waals surface area contributed by atoms with Gasteiger partial charge in [-0.05, 0) is 38.1 Å². The number of likely N-dealkylation sites (N-methyl/N-ethyl adjacent to an activating group) is 1. The number of nitrogens with one attached hydrogen (secondary N) is 3. The Kier molecular flexibility index (Phi) is 6.47. The number of nitrogens with zero attached hydrogens (tertiary/aromatic N) is 7. The van der Waals surface area contributed by atoms with E-state index < -0.39 is 0 Å². The van der Waals surface area contributed by atoms with Gasteiger partial charge >= 0.3 is 0 Å². The second kappa shape index (κ2) is 10.2. The number of anilines is 2. The number of aromatic nitrogens is 7. The predicted octanol–water partition coefficient (Wildman–Crippen LogP) is 4.83. The van der Waals surface area contributed by atoms with Crippen LogP contribution in [0.25, 0.3) is 44.8 Å². The summed E-state index contributed by atoms with van der Waals surface area (Å²) in [5, 5.41) is 12.0. The molecule has 0 radical (unpaired) electrons. The Labute approximate surface area is 221 Å². The molecule has 10 nitrogen and oxygen atoms in total. The van der Waals surface area contributed by atoms with Crippen molar-refractivity contribution in [2.75, 3.05) is 43.4 Å². The molecule has 0 spiro atoms. The molecule has 1 aliphatic heterocycles. The molecule has 5 aromatic rings. The molecule has 1 aliphatic rings. The normalized spacial score (nSPS) is 14.4. The summed E-state index contributed by atoms with van der Waals surface area (Å²) in [7, 11) is 2.16. The summed E-state index contributed by atoms with van der Waals surface area (Å²) in [4.78, 5) is 26.7. The van der Waals surface area contributed by atoms with Crippen molar-refractivity contribution in [2.45, 2.75) is 26.2 Å². The molecule has 0 atom stereocenters. The van der Waals surface area contributed by atoms with E-state index in [4.69, 9.17) is 4.98 Å². The van der Waals surface area contributed by atoms with E-state index in [1.165, 1.54) is 0 Å². The maximum absolute atomic E-state index is 4.81. The van der Waals surface area contributed by atoms with E-state index in [0.29, 0.717) is 11.5 Å². The first-order chi connectivity index (χ1) is 18.6. The SMILES string of the molecule is C=C(CCCC)Nc1cncc(-c2cc3c(-c4nc5nccc(N6CCN(C)CC6)c5[nH]4)n[nH]c3cn2)c1. The lowest BCUT2D eigenvalue weighted by Gasteiger charge is -2.34. The predicted molar refractivity (Wildman–Crippen MR) is 152 cm³/mol. The number of piperazine rings is 1. The average molecular weight is 509 g/mol. The zero-order valence-electron chi connectivity index (χ0n) is 21.8. The van der Waals surface area contributed by atoms with E-state index in [1.54, 1.807) is 6.20 Å². The highest BCUT2D eigenvalue weighted by atomic mass is 15.3. The number of rotatable bonds is 8. The van der Waals surface area contributed by atoms with Crippen LogP contribution in [0.5, 0.6) is 0 Å². The summed E-state index contributed by atoms with van der Waals surface area (Å²) in [5.74, 6) is 0.679. The van der Waals surface area contributed by atoms with Crippen LogP contribution in [0.3, 0.4) is 0 Å². The first-order valence-corrected chi connectivity index (χ1v) is 13.1. The van der Waals surface area contributed by atoms with E-state index in [-0.39, 0.29) is 0 Å². The molecule has 10 heteroatoms. The Morgan fingerprint density at radius 3 is 2.82 bits per heavy atom. The lowest BCUT2D eigenvalue weighted by molar-refractivity contribution is 0.313. The highest BCUT2D eigenvalue weighted by Crippen LogP contribution is 2.32. The summed E-state index contributed by atoms with van der Waals surface area (Å²) in [6.45, 7) is 10.3. The van der Waals surface area contributed by atoms with Crippen LogP contribution in [0.15, 0.2) is 55.3 Å². The van der Waals surface area contributed by atoms with Gasteiger partial charge in [0, 0.05) is 55.2 Å². The molecular formula is C28H32N10. The van der Waals surface area contributed by atoms with Crippen LogP contribution in [0, 0.1) is 0 Å². The van der Waals surface area contributed by atoms with Crippen LogP contribution >= 0.6 is 0 Å². The standard InChI is InChI=1S/C28H32N10/c1-4-5-6-18(2)32-20-13-19(15-29-16-20)22-14-21-23(17-31-22)35-36-25(21)28-33-26-24(7-8-30-27(26)34-28)38-11-9-37(3)10-12-38/h7-8,13-17,32H,2,4-6,9-12H2,1,3H3,(H,35,36)(H,30,33,34). The lowest BCUT2D eigenvalue weighted by atomic mass is 10.1. The van der Waals surface area contributed by atoms with Gasteiger partial charge in [-0.15, -0.1) is 0 Å². The Balaban J connectivity index is 1.33. The number of aromatic amines is 2.